The van der Waals surface area contributed by atoms with Gasteiger partial charge in [-0.1, -0.05) is 61.5 Å². The van der Waals surface area contributed by atoms with Crippen LogP contribution in [0.15, 0.2) is 59.8 Å². The zero-order valence-corrected chi connectivity index (χ0v) is 15.7. The van der Waals surface area contributed by atoms with E-state index in [0.29, 0.717) is 10.8 Å². The second kappa shape index (κ2) is 9.27. The lowest BCUT2D eigenvalue weighted by molar-refractivity contribution is -0.119. The number of nitrogens with zero attached hydrogens (tertiary/aromatic N) is 4. The van der Waals surface area contributed by atoms with E-state index >= 15 is 0 Å². The van der Waals surface area contributed by atoms with Gasteiger partial charge in [-0.3, -0.25) is 4.79 Å². The predicted molar refractivity (Wildman–Crippen MR) is 102 cm³/mol. The van der Waals surface area contributed by atoms with Crippen LogP contribution in [0.25, 0.3) is 5.69 Å². The number of hydrogen-bond acceptors (Lipinski definition) is 5. The lowest BCUT2D eigenvalue weighted by Crippen LogP contribution is -2.30. The van der Waals surface area contributed by atoms with Crippen molar-refractivity contribution in [3.63, 3.8) is 0 Å². The van der Waals surface area contributed by atoms with E-state index in [1.165, 1.54) is 28.6 Å². The first-order chi connectivity index (χ1) is 13.2. The molecule has 1 N–H and O–H groups in total. The Labute approximate surface area is 161 Å². The number of amides is 1. The highest BCUT2D eigenvalue weighted by Gasteiger charge is 2.16. The quantitative estimate of drug-likeness (QED) is 0.601. The first-order valence-electron chi connectivity index (χ1n) is 8.69. The van der Waals surface area contributed by atoms with Gasteiger partial charge < -0.3 is 5.32 Å². The van der Waals surface area contributed by atoms with Crippen LogP contribution in [-0.2, 0) is 4.79 Å². The molecule has 1 amide bonds. The molecule has 0 saturated heterocycles. The Kier molecular flexibility index (Phi) is 6.54. The Morgan fingerprint density at radius 3 is 2.78 bits per heavy atom. The summed E-state index contributed by atoms with van der Waals surface area (Å²) in [6.07, 6.45) is 1.83. The summed E-state index contributed by atoms with van der Waals surface area (Å²) in [6.45, 7) is 2.09. The molecule has 3 rings (SSSR count). The smallest absolute Gasteiger partial charge is 0.230 e. The van der Waals surface area contributed by atoms with Gasteiger partial charge in [0.25, 0.3) is 0 Å². The maximum atomic E-state index is 13.4. The van der Waals surface area contributed by atoms with Crippen molar-refractivity contribution in [3.8, 4) is 5.69 Å². The third kappa shape index (κ3) is 5.13. The summed E-state index contributed by atoms with van der Waals surface area (Å²) < 4.78 is 14.8. The molecular weight excluding hydrogens is 365 g/mol. The van der Waals surface area contributed by atoms with Gasteiger partial charge >= 0.3 is 0 Å². The number of halogens is 1. The van der Waals surface area contributed by atoms with Gasteiger partial charge in [0.2, 0.25) is 11.1 Å². The highest BCUT2D eigenvalue weighted by atomic mass is 32.2. The normalized spacial score (nSPS) is 11.9. The van der Waals surface area contributed by atoms with Gasteiger partial charge in [0, 0.05) is 0 Å². The summed E-state index contributed by atoms with van der Waals surface area (Å²) in [5.41, 5.74) is 1.60. The van der Waals surface area contributed by atoms with Gasteiger partial charge in [0.15, 0.2) is 0 Å². The van der Waals surface area contributed by atoms with Crippen molar-refractivity contribution < 1.29 is 9.18 Å². The second-order valence-corrected chi connectivity index (χ2v) is 6.90. The number of benzene rings is 2. The summed E-state index contributed by atoms with van der Waals surface area (Å²) in [4.78, 5) is 12.4. The van der Waals surface area contributed by atoms with Crippen LogP contribution in [-0.4, -0.2) is 31.9 Å². The SMILES string of the molecule is CCC[C@H](NC(=O)CSc1nnnn1-c1cccc(F)c1)c1ccccc1. The van der Waals surface area contributed by atoms with E-state index in [0.717, 1.165) is 18.4 Å². The number of hydrogen-bond donors (Lipinski definition) is 1. The Morgan fingerprint density at radius 1 is 1.22 bits per heavy atom. The van der Waals surface area contributed by atoms with Crippen molar-refractivity contribution in [1.82, 2.24) is 25.5 Å². The number of thioether (sulfide) groups is 1. The first kappa shape index (κ1) is 19.0. The molecule has 3 aromatic rings. The van der Waals surface area contributed by atoms with E-state index < -0.39 is 0 Å². The fourth-order valence-corrected chi connectivity index (χ4v) is 3.40. The highest BCUT2D eigenvalue weighted by Crippen LogP contribution is 2.21. The van der Waals surface area contributed by atoms with E-state index in [1.807, 2.05) is 30.3 Å². The minimum atomic E-state index is -0.373. The molecule has 0 spiro atoms. The third-order valence-corrected chi connectivity index (χ3v) is 4.86. The minimum Gasteiger partial charge on any atom is -0.349 e. The molecule has 1 aromatic heterocycles. The molecule has 1 heterocycles. The molecule has 0 aliphatic carbocycles. The zero-order chi connectivity index (χ0) is 19.1. The summed E-state index contributed by atoms with van der Waals surface area (Å²) in [5.74, 6) is -0.305. The Hall–Kier alpha value is -2.74. The van der Waals surface area contributed by atoms with Gasteiger partial charge in [0.1, 0.15) is 5.82 Å². The maximum absolute atomic E-state index is 13.4. The third-order valence-electron chi connectivity index (χ3n) is 3.94. The first-order valence-corrected chi connectivity index (χ1v) is 9.67. The average Bonchev–Trinajstić information content (AvgIpc) is 3.15. The van der Waals surface area contributed by atoms with Gasteiger partial charge in [-0.05, 0) is 40.6 Å². The molecule has 1 atom stereocenters. The van der Waals surface area contributed by atoms with Crippen LogP contribution in [0.2, 0.25) is 0 Å². The topological polar surface area (TPSA) is 72.7 Å². The molecule has 0 radical (unpaired) electrons. The van der Waals surface area contributed by atoms with Crippen LogP contribution in [0.1, 0.15) is 31.4 Å². The number of carbonyl (C=O) groups excluding carboxylic acids is 1. The van der Waals surface area contributed by atoms with E-state index in [4.69, 9.17) is 0 Å². The molecule has 8 heteroatoms. The minimum absolute atomic E-state index is 0.0245. The number of aromatic nitrogens is 4. The fraction of sp³-hybridized carbons (Fsp3) is 0.263. The molecular formula is C19H20FN5OS. The summed E-state index contributed by atoms with van der Waals surface area (Å²) >= 11 is 1.21. The van der Waals surface area contributed by atoms with Crippen LogP contribution in [0.3, 0.4) is 0 Å². The Bertz CT molecular complexity index is 887. The van der Waals surface area contributed by atoms with E-state index in [9.17, 15) is 9.18 Å². The molecule has 6 nitrogen and oxygen atoms in total. The van der Waals surface area contributed by atoms with Crippen molar-refractivity contribution in [2.45, 2.75) is 31.0 Å². The molecule has 140 valence electrons. The molecule has 0 aliphatic heterocycles. The number of nitrogens with one attached hydrogen (secondary N) is 1. The average molecular weight is 385 g/mol. The number of rotatable bonds is 8. The van der Waals surface area contributed by atoms with Crippen LogP contribution >= 0.6 is 11.8 Å². The molecule has 0 aliphatic rings. The van der Waals surface area contributed by atoms with E-state index in [2.05, 4.69) is 27.8 Å². The van der Waals surface area contributed by atoms with Gasteiger partial charge in [-0.2, -0.15) is 4.68 Å². The monoisotopic (exact) mass is 385 g/mol. The Morgan fingerprint density at radius 2 is 2.04 bits per heavy atom. The van der Waals surface area contributed by atoms with Crippen molar-refractivity contribution >= 4 is 17.7 Å². The fourth-order valence-electron chi connectivity index (χ4n) is 2.70. The number of carbonyl (C=O) groups is 1. The largest absolute Gasteiger partial charge is 0.349 e. The molecule has 0 unspecified atom stereocenters. The zero-order valence-electron chi connectivity index (χ0n) is 14.9. The summed E-state index contributed by atoms with van der Waals surface area (Å²) in [6, 6.07) is 15.9. The van der Waals surface area contributed by atoms with Gasteiger partial charge in [-0.15, -0.1) is 5.10 Å². The van der Waals surface area contributed by atoms with Crippen molar-refractivity contribution in [2.75, 3.05) is 5.75 Å². The maximum Gasteiger partial charge on any atom is 0.230 e. The van der Waals surface area contributed by atoms with Crippen LogP contribution in [0.4, 0.5) is 4.39 Å². The van der Waals surface area contributed by atoms with Crippen molar-refractivity contribution in [3.05, 3.63) is 66.0 Å². The predicted octanol–water partition coefficient (Wildman–Crippen LogP) is 3.55. The molecule has 0 bridgehead atoms. The van der Waals surface area contributed by atoms with Crippen molar-refractivity contribution in [2.24, 2.45) is 0 Å². The summed E-state index contributed by atoms with van der Waals surface area (Å²) in [5, 5.41) is 14.9. The second-order valence-electron chi connectivity index (χ2n) is 5.96. The van der Waals surface area contributed by atoms with Crippen molar-refractivity contribution in [1.29, 1.82) is 0 Å². The van der Waals surface area contributed by atoms with Crippen LogP contribution in [0, 0.1) is 5.82 Å². The lowest BCUT2D eigenvalue weighted by atomic mass is 10.0. The molecule has 27 heavy (non-hydrogen) atoms. The lowest BCUT2D eigenvalue weighted by Gasteiger charge is -2.18. The molecule has 0 fully saturated rings. The number of tetrazole rings is 1. The van der Waals surface area contributed by atoms with Crippen LogP contribution < -0.4 is 5.32 Å². The molecule has 2 aromatic carbocycles. The van der Waals surface area contributed by atoms with E-state index in [-0.39, 0.29) is 23.5 Å². The summed E-state index contributed by atoms with van der Waals surface area (Å²) in [7, 11) is 0. The van der Waals surface area contributed by atoms with E-state index in [1.54, 1.807) is 12.1 Å². The highest BCUT2D eigenvalue weighted by molar-refractivity contribution is 7.99. The van der Waals surface area contributed by atoms with Gasteiger partial charge in [-0.25, -0.2) is 4.39 Å². The van der Waals surface area contributed by atoms with Crippen LogP contribution in [0.5, 0.6) is 0 Å². The standard InChI is InChI=1S/C19H20FN5OS/c1-2-7-17(14-8-4-3-5-9-14)21-18(26)13-27-19-22-23-24-25(19)16-11-6-10-15(20)12-16/h3-6,8-12,17H,2,7,13H2,1H3,(H,21,26)/t17-/m0/s1. The Balaban J connectivity index is 1.63. The van der Waals surface area contributed by atoms with Gasteiger partial charge in [0.05, 0.1) is 17.5 Å². The molecule has 0 saturated carbocycles.